The lowest BCUT2D eigenvalue weighted by Crippen LogP contribution is -2.46. The van der Waals surface area contributed by atoms with E-state index in [1.807, 2.05) is 24.3 Å². The molecule has 1 aliphatic rings. The number of halogens is 1. The maximum atomic E-state index is 11.7. The first-order chi connectivity index (χ1) is 19.3. The number of hydrogen-bond donors (Lipinski definition) is 4. The van der Waals surface area contributed by atoms with Gasteiger partial charge in [0.1, 0.15) is 0 Å². The summed E-state index contributed by atoms with van der Waals surface area (Å²) in [6.45, 7) is 1.88. The van der Waals surface area contributed by atoms with Gasteiger partial charge in [0.2, 0.25) is 0 Å². The van der Waals surface area contributed by atoms with E-state index in [2.05, 4.69) is 19.9 Å². The average Bonchev–Trinajstić information content (AvgIpc) is 2.91. The van der Waals surface area contributed by atoms with E-state index in [0.29, 0.717) is 48.5 Å². The summed E-state index contributed by atoms with van der Waals surface area (Å²) in [6.07, 6.45) is 0. The number of hydrogen-bond acceptors (Lipinski definition) is 9. The van der Waals surface area contributed by atoms with Crippen molar-refractivity contribution in [2.75, 3.05) is 36.0 Å². The van der Waals surface area contributed by atoms with Crippen LogP contribution in [0.3, 0.4) is 0 Å². The summed E-state index contributed by atoms with van der Waals surface area (Å²) in [6, 6.07) is 15.9. The molecule has 1 aromatic heterocycles. The van der Waals surface area contributed by atoms with Gasteiger partial charge in [0.25, 0.3) is 26.2 Å². The first kappa shape index (κ1) is 28.5. The highest BCUT2D eigenvalue weighted by Gasteiger charge is 2.23. The minimum absolute atomic E-state index is 0.116. The minimum Gasteiger partial charge on any atom is -0.370 e. The van der Waals surface area contributed by atoms with Gasteiger partial charge < -0.3 is 21.3 Å². The molecule has 1 aliphatic heterocycles. The van der Waals surface area contributed by atoms with Crippen LogP contribution in [0.5, 0.6) is 0 Å². The zero-order valence-electron chi connectivity index (χ0n) is 21.2. The number of nitrogens with two attached hydrogens (primary N) is 2. The number of nitrogens with zero attached hydrogens (tertiary/aromatic N) is 5. The molecular formula is C25H24ClN7O6S2. The standard InChI is InChI=1S/C25H24ClN7O6S2/c26-16-3-6-22-21(11-16)23(30-25(29-22)31-24(27)28)15-1-4-17(5-2-15)32-7-9-33(10-8-32)18-12-19(40(34,35)36)14-20(13-18)41(37,38)39/h1-6,11-14H,7-10H2,(H,34,35,36)(H,37,38,39)(H4,27,28,29,30,31). The third-order valence-corrected chi connectivity index (χ3v) is 8.38. The van der Waals surface area contributed by atoms with Crippen molar-refractivity contribution >= 4 is 66.0 Å². The second kappa shape index (κ2) is 10.8. The fourth-order valence-corrected chi connectivity index (χ4v) is 5.90. The molecule has 3 aromatic carbocycles. The number of rotatable bonds is 6. The second-order valence-electron chi connectivity index (χ2n) is 9.20. The topological polar surface area (TPSA) is 205 Å². The normalized spacial score (nSPS) is 14.3. The molecule has 5 rings (SSSR count). The van der Waals surface area contributed by atoms with Gasteiger partial charge in [0, 0.05) is 53.5 Å². The highest BCUT2D eigenvalue weighted by Crippen LogP contribution is 2.32. The predicted molar refractivity (Wildman–Crippen MR) is 156 cm³/mol. The fraction of sp³-hybridized carbons (Fsp3) is 0.160. The van der Waals surface area contributed by atoms with Gasteiger partial charge in [-0.25, -0.2) is 9.97 Å². The summed E-state index contributed by atoms with van der Waals surface area (Å²) in [5, 5.41) is 1.25. The quantitative estimate of drug-likeness (QED) is 0.140. The molecule has 4 aromatic rings. The van der Waals surface area contributed by atoms with Crippen LogP contribution in [0.4, 0.5) is 17.3 Å². The Balaban J connectivity index is 1.39. The third-order valence-electron chi connectivity index (χ3n) is 6.49. The van der Waals surface area contributed by atoms with Crippen LogP contribution in [-0.2, 0) is 20.2 Å². The van der Waals surface area contributed by atoms with Crippen LogP contribution in [0.2, 0.25) is 5.02 Å². The molecule has 0 bridgehead atoms. The lowest BCUT2D eigenvalue weighted by molar-refractivity contribution is 0.481. The lowest BCUT2D eigenvalue weighted by Gasteiger charge is -2.37. The van der Waals surface area contributed by atoms with E-state index in [9.17, 15) is 25.9 Å². The molecule has 0 amide bonds. The molecule has 0 spiro atoms. The third kappa shape index (κ3) is 6.34. The maximum absolute atomic E-state index is 11.7. The zero-order valence-corrected chi connectivity index (χ0v) is 23.6. The highest BCUT2D eigenvalue weighted by atomic mass is 35.5. The van der Waals surface area contributed by atoms with Crippen molar-refractivity contribution in [3.05, 3.63) is 65.7 Å². The lowest BCUT2D eigenvalue weighted by atomic mass is 10.1. The number of anilines is 2. The molecule has 0 saturated carbocycles. The van der Waals surface area contributed by atoms with Gasteiger partial charge in [-0.1, -0.05) is 23.7 Å². The first-order valence-corrected chi connectivity index (χ1v) is 15.3. The molecule has 214 valence electrons. The van der Waals surface area contributed by atoms with Crippen molar-refractivity contribution in [1.82, 2.24) is 9.97 Å². The van der Waals surface area contributed by atoms with Gasteiger partial charge in [-0.05, 0) is 48.5 Å². The molecule has 2 heterocycles. The number of benzene rings is 3. The predicted octanol–water partition coefficient (Wildman–Crippen LogP) is 2.68. The smallest absolute Gasteiger partial charge is 0.294 e. The molecule has 13 nitrogen and oxygen atoms in total. The van der Waals surface area contributed by atoms with Crippen LogP contribution in [0.15, 0.2) is 75.4 Å². The van der Waals surface area contributed by atoms with Crippen LogP contribution in [0.25, 0.3) is 22.2 Å². The van der Waals surface area contributed by atoms with Gasteiger partial charge >= 0.3 is 0 Å². The van der Waals surface area contributed by atoms with Gasteiger partial charge in [0.05, 0.1) is 21.0 Å². The number of aromatic nitrogens is 2. The monoisotopic (exact) mass is 617 g/mol. The van der Waals surface area contributed by atoms with E-state index in [1.165, 1.54) is 12.1 Å². The largest absolute Gasteiger partial charge is 0.370 e. The summed E-state index contributed by atoms with van der Waals surface area (Å²) in [5.41, 5.74) is 14.2. The van der Waals surface area contributed by atoms with Crippen molar-refractivity contribution < 1.29 is 25.9 Å². The van der Waals surface area contributed by atoms with E-state index >= 15 is 0 Å². The van der Waals surface area contributed by atoms with Crippen molar-refractivity contribution in [3.63, 3.8) is 0 Å². The number of guanidine groups is 1. The molecule has 16 heteroatoms. The Kier molecular flexibility index (Phi) is 7.48. The SMILES string of the molecule is NC(N)=Nc1nc(-c2ccc(N3CCN(c4cc(S(=O)(=O)O)cc(S(=O)(=O)O)c4)CC3)cc2)c2cc(Cl)ccc2n1. The van der Waals surface area contributed by atoms with E-state index in [0.717, 1.165) is 16.6 Å². The van der Waals surface area contributed by atoms with E-state index in [1.54, 1.807) is 23.1 Å². The van der Waals surface area contributed by atoms with Gasteiger partial charge in [-0.3, -0.25) is 9.11 Å². The van der Waals surface area contributed by atoms with Crippen molar-refractivity contribution in [3.8, 4) is 11.3 Å². The number of fused-ring (bicyclic) bond motifs is 1. The molecule has 1 fully saturated rings. The Morgan fingerprint density at radius 2 is 1.34 bits per heavy atom. The number of piperazine rings is 1. The van der Waals surface area contributed by atoms with E-state index < -0.39 is 30.0 Å². The van der Waals surface area contributed by atoms with Gasteiger partial charge in [-0.2, -0.15) is 21.8 Å². The summed E-state index contributed by atoms with van der Waals surface area (Å²) in [5.74, 6) is -0.0529. The zero-order chi connectivity index (χ0) is 29.5. The summed E-state index contributed by atoms with van der Waals surface area (Å²) in [4.78, 5) is 15.5. The van der Waals surface area contributed by atoms with Crippen LogP contribution in [0.1, 0.15) is 0 Å². The van der Waals surface area contributed by atoms with E-state index in [4.69, 9.17) is 23.1 Å². The molecule has 6 N–H and O–H groups in total. The molecule has 41 heavy (non-hydrogen) atoms. The first-order valence-electron chi connectivity index (χ1n) is 12.1. The minimum atomic E-state index is -4.70. The summed E-state index contributed by atoms with van der Waals surface area (Å²) in [7, 11) is -9.40. The molecule has 0 unspecified atom stereocenters. The van der Waals surface area contributed by atoms with E-state index in [-0.39, 0.29) is 17.6 Å². The van der Waals surface area contributed by atoms with Gasteiger partial charge in [0.15, 0.2) is 5.96 Å². The van der Waals surface area contributed by atoms with Crippen molar-refractivity contribution in [2.24, 2.45) is 16.5 Å². The highest BCUT2D eigenvalue weighted by molar-refractivity contribution is 7.86. The number of aliphatic imine (C=N–C) groups is 1. The second-order valence-corrected chi connectivity index (χ2v) is 12.5. The van der Waals surface area contributed by atoms with Crippen molar-refractivity contribution in [1.29, 1.82) is 0 Å². The molecular weight excluding hydrogens is 594 g/mol. The van der Waals surface area contributed by atoms with Crippen LogP contribution < -0.4 is 21.3 Å². The summed E-state index contributed by atoms with van der Waals surface area (Å²) >= 11 is 6.23. The van der Waals surface area contributed by atoms with Crippen molar-refractivity contribution in [2.45, 2.75) is 9.79 Å². The van der Waals surface area contributed by atoms with Gasteiger partial charge in [-0.15, -0.1) is 0 Å². The molecule has 0 aliphatic carbocycles. The molecule has 0 atom stereocenters. The molecule has 1 saturated heterocycles. The Hall–Kier alpha value is -4.02. The maximum Gasteiger partial charge on any atom is 0.294 e. The Morgan fingerprint density at radius 1 is 0.780 bits per heavy atom. The van der Waals surface area contributed by atoms with Crippen LogP contribution in [0, 0.1) is 0 Å². The van der Waals surface area contributed by atoms with Crippen LogP contribution in [-0.4, -0.2) is 68.0 Å². The molecule has 0 radical (unpaired) electrons. The Bertz CT molecular complexity index is 1840. The Morgan fingerprint density at radius 3 is 1.88 bits per heavy atom. The fourth-order valence-electron chi connectivity index (χ4n) is 4.56. The summed E-state index contributed by atoms with van der Waals surface area (Å²) < 4.78 is 65.7. The van der Waals surface area contributed by atoms with Crippen LogP contribution >= 0.6 is 11.6 Å². The average molecular weight is 618 g/mol. The Labute approximate surface area is 240 Å².